The van der Waals surface area contributed by atoms with Crippen LogP contribution in [0.25, 0.3) is 0 Å². The van der Waals surface area contributed by atoms with E-state index in [1.807, 2.05) is 0 Å². The SMILES string of the molecule is COc1ccccc1C(=O)Nc1ccc(C)cc1F. The van der Waals surface area contributed by atoms with Crippen molar-refractivity contribution >= 4 is 11.6 Å². The van der Waals surface area contributed by atoms with E-state index in [1.54, 1.807) is 37.3 Å². The lowest BCUT2D eigenvalue weighted by Crippen LogP contribution is -2.14. The van der Waals surface area contributed by atoms with Gasteiger partial charge in [0.05, 0.1) is 18.4 Å². The Morgan fingerprint density at radius 2 is 1.95 bits per heavy atom. The van der Waals surface area contributed by atoms with Crippen molar-refractivity contribution in [2.75, 3.05) is 12.4 Å². The molecule has 3 nitrogen and oxygen atoms in total. The van der Waals surface area contributed by atoms with Crippen LogP contribution in [0.3, 0.4) is 0 Å². The summed E-state index contributed by atoms with van der Waals surface area (Å²) in [7, 11) is 1.48. The average molecular weight is 259 g/mol. The number of amides is 1. The van der Waals surface area contributed by atoms with Gasteiger partial charge in [-0.25, -0.2) is 4.39 Å². The number of hydrogen-bond acceptors (Lipinski definition) is 2. The zero-order chi connectivity index (χ0) is 13.8. The normalized spacial score (nSPS) is 10.1. The summed E-state index contributed by atoms with van der Waals surface area (Å²) in [5.74, 6) is -0.407. The maximum Gasteiger partial charge on any atom is 0.259 e. The van der Waals surface area contributed by atoms with Crippen LogP contribution in [-0.4, -0.2) is 13.0 Å². The van der Waals surface area contributed by atoms with Gasteiger partial charge in [-0.1, -0.05) is 18.2 Å². The lowest BCUT2D eigenvalue weighted by atomic mass is 10.1. The molecule has 0 saturated carbocycles. The fourth-order valence-electron chi connectivity index (χ4n) is 1.74. The van der Waals surface area contributed by atoms with Crippen LogP contribution in [0.4, 0.5) is 10.1 Å². The minimum Gasteiger partial charge on any atom is -0.496 e. The van der Waals surface area contributed by atoms with Gasteiger partial charge in [-0.15, -0.1) is 0 Å². The molecule has 0 bridgehead atoms. The molecule has 0 aliphatic heterocycles. The lowest BCUT2D eigenvalue weighted by Gasteiger charge is -2.10. The van der Waals surface area contributed by atoms with Crippen molar-refractivity contribution in [2.24, 2.45) is 0 Å². The van der Waals surface area contributed by atoms with Gasteiger partial charge in [0.25, 0.3) is 5.91 Å². The third kappa shape index (κ3) is 2.91. The predicted octanol–water partition coefficient (Wildman–Crippen LogP) is 3.40. The summed E-state index contributed by atoms with van der Waals surface area (Å²) in [5, 5.41) is 2.53. The Labute approximate surface area is 111 Å². The van der Waals surface area contributed by atoms with Crippen LogP contribution >= 0.6 is 0 Å². The fourth-order valence-corrected chi connectivity index (χ4v) is 1.74. The number of anilines is 1. The fraction of sp³-hybridized carbons (Fsp3) is 0.133. The molecule has 0 aliphatic rings. The second-order valence-electron chi connectivity index (χ2n) is 4.14. The summed E-state index contributed by atoms with van der Waals surface area (Å²) in [4.78, 5) is 12.1. The minimum absolute atomic E-state index is 0.154. The largest absolute Gasteiger partial charge is 0.496 e. The van der Waals surface area contributed by atoms with Crippen molar-refractivity contribution in [1.29, 1.82) is 0 Å². The molecule has 0 heterocycles. The van der Waals surface area contributed by atoms with E-state index in [4.69, 9.17) is 4.74 Å². The van der Waals surface area contributed by atoms with E-state index in [1.165, 1.54) is 19.2 Å². The molecule has 1 N–H and O–H groups in total. The van der Waals surface area contributed by atoms with Gasteiger partial charge >= 0.3 is 0 Å². The smallest absolute Gasteiger partial charge is 0.259 e. The number of rotatable bonds is 3. The first-order valence-electron chi connectivity index (χ1n) is 5.82. The highest BCUT2D eigenvalue weighted by Gasteiger charge is 2.13. The van der Waals surface area contributed by atoms with Crippen LogP contribution in [0.15, 0.2) is 42.5 Å². The molecule has 0 radical (unpaired) electrons. The van der Waals surface area contributed by atoms with Gasteiger partial charge in [-0.3, -0.25) is 4.79 Å². The molecule has 0 aliphatic carbocycles. The van der Waals surface area contributed by atoms with Crippen LogP contribution in [0.2, 0.25) is 0 Å². The van der Waals surface area contributed by atoms with E-state index in [0.717, 1.165) is 5.56 Å². The second kappa shape index (κ2) is 5.52. The van der Waals surface area contributed by atoms with Gasteiger partial charge < -0.3 is 10.1 Å². The molecule has 2 aromatic carbocycles. The van der Waals surface area contributed by atoms with E-state index >= 15 is 0 Å². The Kier molecular flexibility index (Phi) is 3.80. The number of carbonyl (C=O) groups excluding carboxylic acids is 1. The monoisotopic (exact) mass is 259 g/mol. The van der Waals surface area contributed by atoms with E-state index in [-0.39, 0.29) is 5.69 Å². The molecule has 4 heteroatoms. The molecule has 1 amide bonds. The summed E-state index contributed by atoms with van der Waals surface area (Å²) in [5.41, 5.74) is 1.32. The molecule has 2 aromatic rings. The molecule has 0 fully saturated rings. The average Bonchev–Trinajstić information content (AvgIpc) is 2.41. The number of halogens is 1. The zero-order valence-electron chi connectivity index (χ0n) is 10.7. The summed E-state index contributed by atoms with van der Waals surface area (Å²) in [6, 6.07) is 11.4. The highest BCUT2D eigenvalue weighted by atomic mass is 19.1. The standard InChI is InChI=1S/C15H14FNO2/c1-10-7-8-13(12(16)9-10)17-15(18)11-5-3-4-6-14(11)19-2/h3-9H,1-2H3,(H,17,18). The van der Waals surface area contributed by atoms with E-state index in [9.17, 15) is 9.18 Å². The van der Waals surface area contributed by atoms with Gasteiger partial charge in [0, 0.05) is 0 Å². The van der Waals surface area contributed by atoms with Crippen LogP contribution < -0.4 is 10.1 Å². The molecule has 2 rings (SSSR count). The molecule has 98 valence electrons. The first-order chi connectivity index (χ1) is 9.11. The van der Waals surface area contributed by atoms with E-state index < -0.39 is 11.7 Å². The molecular formula is C15H14FNO2. The number of ether oxygens (including phenoxy) is 1. The third-order valence-electron chi connectivity index (χ3n) is 2.72. The van der Waals surface area contributed by atoms with Gasteiger partial charge in [-0.2, -0.15) is 0 Å². The van der Waals surface area contributed by atoms with Crippen molar-refractivity contribution < 1.29 is 13.9 Å². The van der Waals surface area contributed by atoms with Crippen molar-refractivity contribution in [1.82, 2.24) is 0 Å². The number of aryl methyl sites for hydroxylation is 1. The van der Waals surface area contributed by atoms with E-state index in [2.05, 4.69) is 5.32 Å². The second-order valence-corrected chi connectivity index (χ2v) is 4.14. The maximum atomic E-state index is 13.7. The minimum atomic E-state index is -0.455. The Morgan fingerprint density at radius 3 is 2.63 bits per heavy atom. The Hall–Kier alpha value is -2.36. The van der Waals surface area contributed by atoms with Gasteiger partial charge in [-0.05, 0) is 36.8 Å². The summed E-state index contributed by atoms with van der Waals surface area (Å²) >= 11 is 0. The Balaban J connectivity index is 2.26. The van der Waals surface area contributed by atoms with Gasteiger partial charge in [0.15, 0.2) is 0 Å². The van der Waals surface area contributed by atoms with Gasteiger partial charge in [0.1, 0.15) is 11.6 Å². The topological polar surface area (TPSA) is 38.3 Å². The Bertz CT molecular complexity index is 611. The molecule has 0 aromatic heterocycles. The Morgan fingerprint density at radius 1 is 1.21 bits per heavy atom. The van der Waals surface area contributed by atoms with Crippen LogP contribution in [0.1, 0.15) is 15.9 Å². The van der Waals surface area contributed by atoms with Crippen LogP contribution in [-0.2, 0) is 0 Å². The molecule has 0 saturated heterocycles. The van der Waals surface area contributed by atoms with E-state index in [0.29, 0.717) is 11.3 Å². The first-order valence-corrected chi connectivity index (χ1v) is 5.82. The summed E-state index contributed by atoms with van der Waals surface area (Å²) in [6.07, 6.45) is 0. The molecular weight excluding hydrogens is 245 g/mol. The number of carbonyl (C=O) groups is 1. The maximum absolute atomic E-state index is 13.7. The quantitative estimate of drug-likeness (QED) is 0.917. The summed E-state index contributed by atoms with van der Waals surface area (Å²) < 4.78 is 18.8. The molecule has 19 heavy (non-hydrogen) atoms. The lowest BCUT2D eigenvalue weighted by molar-refractivity contribution is 0.102. The highest BCUT2D eigenvalue weighted by molar-refractivity contribution is 6.06. The third-order valence-corrected chi connectivity index (χ3v) is 2.72. The number of para-hydroxylation sites is 1. The van der Waals surface area contributed by atoms with Crippen molar-refractivity contribution in [2.45, 2.75) is 6.92 Å². The molecule has 0 unspecified atom stereocenters. The van der Waals surface area contributed by atoms with Crippen LogP contribution in [0.5, 0.6) is 5.75 Å². The van der Waals surface area contributed by atoms with Crippen molar-refractivity contribution in [3.8, 4) is 5.75 Å². The number of nitrogens with one attached hydrogen (secondary N) is 1. The number of hydrogen-bond donors (Lipinski definition) is 1. The molecule has 0 spiro atoms. The first kappa shape index (κ1) is 13.1. The van der Waals surface area contributed by atoms with Crippen LogP contribution in [0, 0.1) is 12.7 Å². The van der Waals surface area contributed by atoms with Gasteiger partial charge in [0.2, 0.25) is 0 Å². The number of methoxy groups -OCH3 is 1. The molecule has 0 atom stereocenters. The highest BCUT2D eigenvalue weighted by Crippen LogP contribution is 2.21. The number of benzene rings is 2. The predicted molar refractivity (Wildman–Crippen MR) is 72.1 cm³/mol. The summed E-state index contributed by atoms with van der Waals surface area (Å²) in [6.45, 7) is 1.79. The van der Waals surface area contributed by atoms with Crippen molar-refractivity contribution in [3.05, 3.63) is 59.4 Å². The van der Waals surface area contributed by atoms with Crippen molar-refractivity contribution in [3.63, 3.8) is 0 Å². The zero-order valence-corrected chi connectivity index (χ0v) is 10.7.